The Balaban J connectivity index is 0.00000110. The second-order valence-corrected chi connectivity index (χ2v) is 6.11. The first-order valence-corrected chi connectivity index (χ1v) is 7.52. The molecule has 1 aliphatic heterocycles. The van der Waals surface area contributed by atoms with Gasteiger partial charge in [-0.05, 0) is 30.9 Å². The number of rotatable bonds is 3. The van der Waals surface area contributed by atoms with Crippen LogP contribution in [0.3, 0.4) is 0 Å². The number of piperazine rings is 1. The molecule has 120 valence electrons. The van der Waals surface area contributed by atoms with E-state index < -0.39 is 0 Å². The van der Waals surface area contributed by atoms with Crippen molar-refractivity contribution in [3.05, 3.63) is 33.6 Å². The van der Waals surface area contributed by atoms with E-state index in [1.165, 1.54) is 12.1 Å². The molecule has 2 aliphatic rings. The number of benzene rings is 1. The lowest BCUT2D eigenvalue weighted by molar-refractivity contribution is 0.153. The Labute approximate surface area is 147 Å². The molecular weight excluding hydrogens is 357 g/mol. The zero-order valence-corrected chi connectivity index (χ0v) is 14.6. The molecule has 1 aromatic rings. The van der Waals surface area contributed by atoms with Crippen LogP contribution in [-0.2, 0) is 0 Å². The largest absolute Gasteiger partial charge is 0.314 e. The minimum atomic E-state index is -0.232. The van der Waals surface area contributed by atoms with Crippen molar-refractivity contribution in [2.45, 2.75) is 18.9 Å². The van der Waals surface area contributed by atoms with Crippen molar-refractivity contribution in [3.63, 3.8) is 0 Å². The van der Waals surface area contributed by atoms with Gasteiger partial charge in [0.05, 0.1) is 10.0 Å². The molecule has 1 atom stereocenters. The fourth-order valence-corrected chi connectivity index (χ4v) is 3.33. The minimum absolute atomic E-state index is 0. The molecule has 0 amide bonds. The van der Waals surface area contributed by atoms with Crippen molar-refractivity contribution >= 4 is 48.0 Å². The summed E-state index contributed by atoms with van der Waals surface area (Å²) in [5, 5.41) is 4.16. The van der Waals surface area contributed by atoms with Crippen molar-refractivity contribution in [1.82, 2.24) is 10.2 Å². The van der Waals surface area contributed by atoms with Gasteiger partial charge in [-0.25, -0.2) is 4.39 Å². The second-order valence-electron chi connectivity index (χ2n) is 5.33. The molecule has 1 N–H and O–H groups in total. The van der Waals surface area contributed by atoms with E-state index in [2.05, 4.69) is 10.2 Å². The Morgan fingerprint density at radius 3 is 2.33 bits per heavy atom. The summed E-state index contributed by atoms with van der Waals surface area (Å²) in [5.41, 5.74) is 0.596. The smallest absolute Gasteiger partial charge is 0.129 e. The van der Waals surface area contributed by atoms with Gasteiger partial charge in [-0.3, -0.25) is 4.90 Å². The molecule has 1 aliphatic carbocycles. The summed E-state index contributed by atoms with van der Waals surface area (Å²) in [5.74, 6) is 0.286. The summed E-state index contributed by atoms with van der Waals surface area (Å²) in [6, 6.07) is 3.04. The van der Waals surface area contributed by atoms with Crippen molar-refractivity contribution in [1.29, 1.82) is 0 Å². The molecular formula is C14H19Cl4FN2. The van der Waals surface area contributed by atoms with Crippen LogP contribution in [0.15, 0.2) is 12.1 Å². The summed E-state index contributed by atoms with van der Waals surface area (Å²) in [6.07, 6.45) is 2.30. The van der Waals surface area contributed by atoms with Gasteiger partial charge in [-0.2, -0.15) is 0 Å². The van der Waals surface area contributed by atoms with Crippen LogP contribution in [0.1, 0.15) is 24.4 Å². The molecule has 0 radical (unpaired) electrons. The van der Waals surface area contributed by atoms with Crippen molar-refractivity contribution in [3.8, 4) is 0 Å². The molecule has 21 heavy (non-hydrogen) atoms. The Morgan fingerprint density at radius 1 is 1.14 bits per heavy atom. The molecule has 0 spiro atoms. The van der Waals surface area contributed by atoms with Gasteiger partial charge in [0.2, 0.25) is 0 Å². The molecule has 1 aromatic carbocycles. The van der Waals surface area contributed by atoms with E-state index in [1.54, 1.807) is 0 Å². The summed E-state index contributed by atoms with van der Waals surface area (Å²) < 4.78 is 14.2. The predicted molar refractivity (Wildman–Crippen MR) is 90.8 cm³/mol. The lowest BCUT2D eigenvalue weighted by Gasteiger charge is -2.36. The summed E-state index contributed by atoms with van der Waals surface area (Å²) in [7, 11) is 0. The Bertz CT molecular complexity index is 476. The van der Waals surface area contributed by atoms with Crippen LogP contribution in [0.25, 0.3) is 0 Å². The second kappa shape index (κ2) is 8.19. The lowest BCUT2D eigenvalue weighted by Crippen LogP contribution is -2.46. The van der Waals surface area contributed by atoms with Crippen LogP contribution in [0.5, 0.6) is 0 Å². The molecule has 7 heteroatoms. The maximum Gasteiger partial charge on any atom is 0.129 e. The number of hydrogen-bond donors (Lipinski definition) is 1. The first-order valence-electron chi connectivity index (χ1n) is 6.76. The third-order valence-corrected chi connectivity index (χ3v) is 4.81. The molecule has 0 aromatic heterocycles. The monoisotopic (exact) mass is 374 g/mol. The van der Waals surface area contributed by atoms with E-state index in [1.807, 2.05) is 0 Å². The molecule has 2 fully saturated rings. The normalized spacial score (nSPS) is 20.3. The number of nitrogens with zero attached hydrogens (tertiary/aromatic N) is 1. The van der Waals surface area contributed by atoms with E-state index in [4.69, 9.17) is 23.2 Å². The van der Waals surface area contributed by atoms with Crippen molar-refractivity contribution < 1.29 is 4.39 Å². The molecule has 1 saturated heterocycles. The van der Waals surface area contributed by atoms with Crippen LogP contribution < -0.4 is 5.32 Å². The van der Waals surface area contributed by atoms with Crippen molar-refractivity contribution in [2.24, 2.45) is 5.92 Å². The van der Waals surface area contributed by atoms with Crippen LogP contribution in [0.4, 0.5) is 4.39 Å². The standard InChI is InChI=1S/C14H17Cl2FN2.2ClH/c15-10-3-4-11(17)12(13(10)16)14(9-1-2-9)19-7-5-18-6-8-19;;/h3-4,9,14,18H,1-2,5-8H2;2*1H/t14-;;/m1../s1. The summed E-state index contributed by atoms with van der Waals surface area (Å²) in [4.78, 5) is 2.34. The molecule has 1 heterocycles. The number of nitrogens with one attached hydrogen (secondary N) is 1. The molecule has 3 rings (SSSR count). The van der Waals surface area contributed by atoms with Crippen LogP contribution in [-0.4, -0.2) is 31.1 Å². The summed E-state index contributed by atoms with van der Waals surface area (Å²) in [6.45, 7) is 3.76. The zero-order valence-electron chi connectivity index (χ0n) is 11.4. The predicted octanol–water partition coefficient (Wildman–Crippen LogP) is 4.33. The minimum Gasteiger partial charge on any atom is -0.314 e. The number of hydrogen-bond acceptors (Lipinski definition) is 2. The van der Waals surface area contributed by atoms with Gasteiger partial charge in [0.1, 0.15) is 5.82 Å². The topological polar surface area (TPSA) is 15.3 Å². The van der Waals surface area contributed by atoms with Gasteiger partial charge in [0.15, 0.2) is 0 Å². The van der Waals surface area contributed by atoms with Gasteiger partial charge in [0, 0.05) is 37.8 Å². The first kappa shape index (κ1) is 19.3. The highest BCUT2D eigenvalue weighted by atomic mass is 35.5. The van der Waals surface area contributed by atoms with E-state index >= 15 is 0 Å². The van der Waals surface area contributed by atoms with Crippen LogP contribution in [0.2, 0.25) is 10.0 Å². The Kier molecular flexibility index (Phi) is 7.51. The van der Waals surface area contributed by atoms with E-state index in [0.717, 1.165) is 39.0 Å². The highest BCUT2D eigenvalue weighted by Crippen LogP contribution is 2.48. The molecule has 0 unspecified atom stereocenters. The molecule has 0 bridgehead atoms. The SMILES string of the molecule is Cl.Cl.Fc1ccc(Cl)c(Cl)c1[C@@H](C1CC1)N1CCNCC1. The highest BCUT2D eigenvalue weighted by Gasteiger charge is 2.39. The van der Waals surface area contributed by atoms with E-state index in [-0.39, 0.29) is 36.7 Å². The number of halogens is 5. The van der Waals surface area contributed by atoms with Gasteiger partial charge < -0.3 is 5.32 Å². The zero-order chi connectivity index (χ0) is 13.4. The first-order chi connectivity index (χ1) is 9.18. The van der Waals surface area contributed by atoms with Crippen LogP contribution in [0, 0.1) is 11.7 Å². The maximum atomic E-state index is 14.2. The average molecular weight is 376 g/mol. The highest BCUT2D eigenvalue weighted by molar-refractivity contribution is 6.42. The Morgan fingerprint density at radius 2 is 1.76 bits per heavy atom. The fraction of sp³-hybridized carbons (Fsp3) is 0.571. The van der Waals surface area contributed by atoms with Gasteiger partial charge in [-0.1, -0.05) is 23.2 Å². The lowest BCUT2D eigenvalue weighted by atomic mass is 9.99. The third kappa shape index (κ3) is 4.15. The fourth-order valence-electron chi connectivity index (χ4n) is 2.90. The van der Waals surface area contributed by atoms with E-state index in [0.29, 0.717) is 21.5 Å². The molecule has 2 nitrogen and oxygen atoms in total. The van der Waals surface area contributed by atoms with Gasteiger partial charge in [-0.15, -0.1) is 24.8 Å². The maximum absolute atomic E-state index is 14.2. The van der Waals surface area contributed by atoms with E-state index in [9.17, 15) is 4.39 Å². The third-order valence-electron chi connectivity index (χ3n) is 3.99. The van der Waals surface area contributed by atoms with Crippen molar-refractivity contribution in [2.75, 3.05) is 26.2 Å². The average Bonchev–Trinajstić information content (AvgIpc) is 3.24. The van der Waals surface area contributed by atoms with Gasteiger partial charge >= 0.3 is 0 Å². The quantitative estimate of drug-likeness (QED) is 0.791. The summed E-state index contributed by atoms with van der Waals surface area (Å²) >= 11 is 12.3. The Hall–Kier alpha value is 0.230. The van der Waals surface area contributed by atoms with Crippen LogP contribution >= 0.6 is 48.0 Å². The van der Waals surface area contributed by atoms with Gasteiger partial charge in [0.25, 0.3) is 0 Å². The molecule has 1 saturated carbocycles.